The molecule has 0 saturated carbocycles. The molecule has 0 heterocycles. The molecule has 0 aliphatic heterocycles. The summed E-state index contributed by atoms with van der Waals surface area (Å²) in [4.78, 5) is 11.0. The summed E-state index contributed by atoms with van der Waals surface area (Å²) in [7, 11) is -9.63. The Balaban J connectivity index is 2.07. The Labute approximate surface area is 182 Å². The highest BCUT2D eigenvalue weighted by Gasteiger charge is 2.54. The standard InChI is InChI=1S/C17H23BrF2O8S2/c18-14-8-10-15(11-9-14)29(22,23)28-13-7-5-3-1-2-4-6-12-27-16(21)17(19,20)30(24,25)26/h8-11H,1-7,12-13H2,(H,24,25,26). The first-order valence-electron chi connectivity index (χ1n) is 9.05. The SMILES string of the molecule is O=C(OCCCCCCCCCOS(=O)(=O)c1ccc(Br)cc1)C(F)(F)S(=O)(=O)O. The number of hydrogen-bond acceptors (Lipinski definition) is 7. The van der Waals surface area contributed by atoms with Crippen LogP contribution in [0.1, 0.15) is 44.9 Å². The molecule has 0 amide bonds. The van der Waals surface area contributed by atoms with Crippen molar-refractivity contribution in [2.45, 2.75) is 55.1 Å². The topological polar surface area (TPSA) is 124 Å². The lowest BCUT2D eigenvalue weighted by atomic mass is 10.1. The van der Waals surface area contributed by atoms with E-state index in [4.69, 9.17) is 8.74 Å². The molecule has 1 rings (SSSR count). The number of unbranched alkanes of at least 4 members (excludes halogenated alkanes) is 6. The van der Waals surface area contributed by atoms with Crippen LogP contribution in [0, 0.1) is 0 Å². The van der Waals surface area contributed by atoms with Crippen molar-refractivity contribution in [1.82, 2.24) is 0 Å². The molecule has 0 unspecified atom stereocenters. The molecule has 0 fully saturated rings. The molecule has 0 aliphatic carbocycles. The molecule has 0 bridgehead atoms. The van der Waals surface area contributed by atoms with Gasteiger partial charge in [-0.05, 0) is 37.1 Å². The molecular formula is C17H23BrF2O8S2. The highest BCUT2D eigenvalue weighted by atomic mass is 79.9. The van der Waals surface area contributed by atoms with Crippen molar-refractivity contribution in [1.29, 1.82) is 0 Å². The number of carbonyl (C=O) groups excluding carboxylic acids is 1. The van der Waals surface area contributed by atoms with E-state index in [1.165, 1.54) is 12.1 Å². The molecule has 0 spiro atoms. The minimum Gasteiger partial charge on any atom is -0.460 e. The first kappa shape index (κ1) is 26.9. The Morgan fingerprint density at radius 1 is 0.900 bits per heavy atom. The minimum atomic E-state index is -5.85. The molecule has 0 aliphatic rings. The minimum absolute atomic E-state index is 0.0658. The van der Waals surface area contributed by atoms with Gasteiger partial charge in [-0.1, -0.05) is 48.0 Å². The number of hydrogen-bond donors (Lipinski definition) is 1. The van der Waals surface area contributed by atoms with Crippen LogP contribution in [0.4, 0.5) is 8.78 Å². The fourth-order valence-electron chi connectivity index (χ4n) is 2.28. The Morgan fingerprint density at radius 2 is 1.37 bits per heavy atom. The fraction of sp³-hybridized carbons (Fsp3) is 0.588. The van der Waals surface area contributed by atoms with Crippen LogP contribution in [0.3, 0.4) is 0 Å². The molecule has 0 atom stereocenters. The van der Waals surface area contributed by atoms with Gasteiger partial charge in [0, 0.05) is 4.47 Å². The van der Waals surface area contributed by atoms with Gasteiger partial charge in [0.2, 0.25) is 0 Å². The number of halogens is 3. The normalized spacial score (nSPS) is 12.7. The number of ether oxygens (including phenoxy) is 1. The van der Waals surface area contributed by atoms with Crippen LogP contribution < -0.4 is 0 Å². The van der Waals surface area contributed by atoms with Crippen molar-refractivity contribution >= 4 is 42.1 Å². The summed E-state index contributed by atoms with van der Waals surface area (Å²) < 4.78 is 88.7. The lowest BCUT2D eigenvalue weighted by Crippen LogP contribution is -2.39. The van der Waals surface area contributed by atoms with Crippen LogP contribution in [-0.4, -0.2) is 45.8 Å². The van der Waals surface area contributed by atoms with E-state index in [-0.39, 0.29) is 24.5 Å². The van der Waals surface area contributed by atoms with Gasteiger partial charge in [0.15, 0.2) is 0 Å². The van der Waals surface area contributed by atoms with E-state index in [9.17, 15) is 30.4 Å². The predicted molar refractivity (Wildman–Crippen MR) is 107 cm³/mol. The molecule has 172 valence electrons. The Bertz CT molecular complexity index is 887. The van der Waals surface area contributed by atoms with Crippen LogP contribution in [0.15, 0.2) is 33.6 Å². The van der Waals surface area contributed by atoms with Crippen molar-refractivity contribution in [2.24, 2.45) is 0 Å². The first-order chi connectivity index (χ1) is 13.9. The fourth-order valence-corrected chi connectivity index (χ4v) is 3.76. The van der Waals surface area contributed by atoms with E-state index in [0.29, 0.717) is 12.8 Å². The maximum atomic E-state index is 12.9. The Morgan fingerprint density at radius 3 is 1.87 bits per heavy atom. The molecule has 1 aromatic carbocycles. The van der Waals surface area contributed by atoms with Gasteiger partial charge in [-0.15, -0.1) is 0 Å². The zero-order valence-electron chi connectivity index (χ0n) is 15.9. The quantitative estimate of drug-likeness (QED) is 0.164. The highest BCUT2D eigenvalue weighted by Crippen LogP contribution is 2.22. The van der Waals surface area contributed by atoms with Crippen LogP contribution >= 0.6 is 15.9 Å². The van der Waals surface area contributed by atoms with Gasteiger partial charge in [0.25, 0.3) is 10.1 Å². The van der Waals surface area contributed by atoms with E-state index < -0.39 is 31.5 Å². The van der Waals surface area contributed by atoms with Gasteiger partial charge in [-0.25, -0.2) is 4.79 Å². The average Bonchev–Trinajstić information content (AvgIpc) is 2.65. The van der Waals surface area contributed by atoms with E-state index >= 15 is 0 Å². The number of carbonyl (C=O) groups is 1. The molecule has 30 heavy (non-hydrogen) atoms. The van der Waals surface area contributed by atoms with E-state index in [2.05, 4.69) is 20.7 Å². The predicted octanol–water partition coefficient (Wildman–Crippen LogP) is 3.91. The molecule has 0 radical (unpaired) electrons. The van der Waals surface area contributed by atoms with Gasteiger partial charge in [-0.3, -0.25) is 8.74 Å². The number of alkyl halides is 2. The van der Waals surface area contributed by atoms with Crippen molar-refractivity contribution < 1.29 is 43.9 Å². The lowest BCUT2D eigenvalue weighted by Gasteiger charge is -2.11. The second-order valence-corrected chi connectivity index (χ2v) is 10.3. The van der Waals surface area contributed by atoms with Crippen LogP contribution in [0.5, 0.6) is 0 Å². The smallest absolute Gasteiger partial charge is 0.460 e. The van der Waals surface area contributed by atoms with Gasteiger partial charge >= 0.3 is 21.3 Å². The molecular weight excluding hydrogens is 514 g/mol. The summed E-state index contributed by atoms with van der Waals surface area (Å²) in [5, 5.41) is -4.97. The van der Waals surface area contributed by atoms with E-state index in [0.717, 1.165) is 30.2 Å². The van der Waals surface area contributed by atoms with Crippen LogP contribution in [0.2, 0.25) is 0 Å². The van der Waals surface area contributed by atoms with Crippen LogP contribution in [-0.2, 0) is 34.0 Å². The zero-order chi connectivity index (χ0) is 22.8. The zero-order valence-corrected chi connectivity index (χ0v) is 19.1. The van der Waals surface area contributed by atoms with Crippen molar-refractivity contribution in [3.05, 3.63) is 28.7 Å². The van der Waals surface area contributed by atoms with E-state index in [1.54, 1.807) is 12.1 Å². The summed E-state index contributed by atoms with van der Waals surface area (Å²) in [6, 6.07) is 6.11. The maximum absolute atomic E-state index is 12.9. The summed E-state index contributed by atoms with van der Waals surface area (Å²) in [5.74, 6) is -2.30. The molecule has 1 aromatic rings. The highest BCUT2D eigenvalue weighted by molar-refractivity contribution is 9.10. The first-order valence-corrected chi connectivity index (χ1v) is 12.7. The van der Waals surface area contributed by atoms with Crippen molar-refractivity contribution in [3.8, 4) is 0 Å². The molecule has 0 aromatic heterocycles. The number of esters is 1. The summed E-state index contributed by atoms with van der Waals surface area (Å²) >= 11 is 3.22. The second kappa shape index (κ2) is 12.0. The Hall–Kier alpha value is -1.15. The lowest BCUT2D eigenvalue weighted by molar-refractivity contribution is -0.161. The van der Waals surface area contributed by atoms with Crippen LogP contribution in [0.25, 0.3) is 0 Å². The summed E-state index contributed by atoms with van der Waals surface area (Å²) in [6.07, 6.45) is 4.46. The molecule has 0 saturated heterocycles. The van der Waals surface area contributed by atoms with E-state index in [1.807, 2.05) is 0 Å². The third-order valence-corrected chi connectivity index (χ3v) is 6.59. The van der Waals surface area contributed by atoms with Gasteiger partial charge < -0.3 is 4.74 Å². The Kier molecular flexibility index (Phi) is 10.8. The monoisotopic (exact) mass is 536 g/mol. The van der Waals surface area contributed by atoms with Gasteiger partial charge in [0.1, 0.15) is 0 Å². The largest absolute Gasteiger partial charge is 0.465 e. The molecule has 1 N–H and O–H groups in total. The number of rotatable bonds is 14. The maximum Gasteiger partial charge on any atom is 0.465 e. The average molecular weight is 537 g/mol. The van der Waals surface area contributed by atoms with Gasteiger partial charge in [0.05, 0.1) is 18.1 Å². The number of benzene rings is 1. The molecule has 8 nitrogen and oxygen atoms in total. The summed E-state index contributed by atoms with van der Waals surface area (Å²) in [6.45, 7) is -0.317. The third kappa shape index (κ3) is 8.92. The second-order valence-electron chi connectivity index (χ2n) is 6.33. The van der Waals surface area contributed by atoms with Gasteiger partial charge in [-0.2, -0.15) is 25.6 Å². The van der Waals surface area contributed by atoms with Crippen molar-refractivity contribution in [2.75, 3.05) is 13.2 Å². The van der Waals surface area contributed by atoms with Crippen molar-refractivity contribution in [3.63, 3.8) is 0 Å². The summed E-state index contributed by atoms with van der Waals surface area (Å²) in [5.41, 5.74) is 0. The molecule has 13 heteroatoms. The third-order valence-electron chi connectivity index (χ3n) is 3.92.